The van der Waals surface area contributed by atoms with Crippen LogP contribution in [0.1, 0.15) is 49.6 Å². The van der Waals surface area contributed by atoms with Gasteiger partial charge >= 0.3 is 0 Å². The van der Waals surface area contributed by atoms with Crippen LogP contribution >= 0.6 is 0 Å². The number of fused-ring (bicyclic) bond motifs is 4. The first kappa shape index (κ1) is 20.7. The van der Waals surface area contributed by atoms with Crippen molar-refractivity contribution < 1.29 is 23.4 Å². The maximum absolute atomic E-state index is 12.7. The van der Waals surface area contributed by atoms with Gasteiger partial charge in [-0.25, -0.2) is 0 Å². The van der Waals surface area contributed by atoms with Crippen molar-refractivity contribution in [3.8, 4) is 17.2 Å². The minimum Gasteiger partial charge on any atom is -0.486 e. The fourth-order valence-electron chi connectivity index (χ4n) is 4.58. The monoisotopic (exact) mass is 435 g/mol. The highest BCUT2D eigenvalue weighted by Crippen LogP contribution is 2.35. The Morgan fingerprint density at radius 2 is 1.84 bits per heavy atom. The molecule has 1 N–H and O–H groups in total. The lowest BCUT2D eigenvalue weighted by Crippen LogP contribution is -2.35. The van der Waals surface area contributed by atoms with Crippen LogP contribution in [-0.4, -0.2) is 25.7 Å². The van der Waals surface area contributed by atoms with Crippen molar-refractivity contribution in [2.24, 2.45) is 5.92 Å². The predicted octanol–water partition coefficient (Wildman–Crippen LogP) is 4.98. The van der Waals surface area contributed by atoms with Crippen molar-refractivity contribution in [2.45, 2.75) is 45.6 Å². The van der Waals surface area contributed by atoms with E-state index < -0.39 is 0 Å². The van der Waals surface area contributed by atoms with Gasteiger partial charge in [-0.2, -0.15) is 0 Å². The molecule has 1 atom stereocenters. The number of amides is 1. The molecule has 6 heteroatoms. The zero-order valence-corrected chi connectivity index (χ0v) is 18.6. The molecule has 1 aliphatic heterocycles. The Hall–Kier alpha value is -3.15. The summed E-state index contributed by atoms with van der Waals surface area (Å²) in [4.78, 5) is 12.7. The van der Waals surface area contributed by atoms with Crippen LogP contribution in [0.15, 0.2) is 40.8 Å². The number of hydrogen-bond donors (Lipinski definition) is 1. The molecule has 0 radical (unpaired) electrons. The third-order valence-electron chi connectivity index (χ3n) is 6.20. The number of aryl methyl sites for hydroxylation is 2. The molecule has 6 nitrogen and oxygen atoms in total. The second kappa shape index (κ2) is 8.77. The molecule has 0 saturated carbocycles. The number of hydrogen-bond acceptors (Lipinski definition) is 5. The fraction of sp³-hybridized carbons (Fsp3) is 0.423. The van der Waals surface area contributed by atoms with E-state index in [1.165, 1.54) is 18.4 Å². The Bertz CT molecular complexity index is 1130. The van der Waals surface area contributed by atoms with E-state index in [1.54, 1.807) is 0 Å². The summed E-state index contributed by atoms with van der Waals surface area (Å²) in [7, 11) is 0. The topological polar surface area (TPSA) is 69.9 Å². The summed E-state index contributed by atoms with van der Waals surface area (Å²) >= 11 is 0. The molecule has 0 bridgehead atoms. The largest absolute Gasteiger partial charge is 0.486 e. The molecular formula is C26H29NO5. The highest BCUT2D eigenvalue weighted by Gasteiger charge is 2.22. The van der Waals surface area contributed by atoms with E-state index >= 15 is 0 Å². The molecule has 0 unspecified atom stereocenters. The summed E-state index contributed by atoms with van der Waals surface area (Å²) in [6.45, 7) is 5.21. The number of benzene rings is 2. The Morgan fingerprint density at radius 1 is 1.03 bits per heavy atom. The Labute approximate surface area is 187 Å². The van der Waals surface area contributed by atoms with Crippen molar-refractivity contribution in [2.75, 3.05) is 19.8 Å². The highest BCUT2D eigenvalue weighted by molar-refractivity contribution is 5.84. The van der Waals surface area contributed by atoms with Gasteiger partial charge in [-0.1, -0.05) is 19.9 Å². The number of carbonyl (C=O) groups is 1. The van der Waals surface area contributed by atoms with E-state index in [-0.39, 0.29) is 24.5 Å². The summed E-state index contributed by atoms with van der Waals surface area (Å²) in [6.07, 6.45) is 4.40. The lowest BCUT2D eigenvalue weighted by molar-refractivity contribution is -0.124. The molecule has 1 aromatic heterocycles. The smallest absolute Gasteiger partial charge is 0.258 e. The second-order valence-electron chi connectivity index (χ2n) is 8.85. The van der Waals surface area contributed by atoms with Crippen LogP contribution in [-0.2, 0) is 17.6 Å². The highest BCUT2D eigenvalue weighted by atomic mass is 16.6. The number of ether oxygens (including phenoxy) is 3. The molecule has 1 amide bonds. The summed E-state index contributed by atoms with van der Waals surface area (Å²) < 4.78 is 23.1. The quantitative estimate of drug-likeness (QED) is 0.592. The zero-order valence-electron chi connectivity index (χ0n) is 18.6. The van der Waals surface area contributed by atoms with Crippen molar-refractivity contribution >= 4 is 16.9 Å². The molecule has 32 heavy (non-hydrogen) atoms. The van der Waals surface area contributed by atoms with E-state index in [0.717, 1.165) is 46.6 Å². The SMILES string of the molecule is CC(C)[C@@H](NC(=O)COc1ccc2oc3c(c2c1)CCCC3)c1ccc2c(c1)OCCO2. The molecule has 5 rings (SSSR count). The molecule has 0 spiro atoms. The van der Waals surface area contributed by atoms with Gasteiger partial charge in [-0.3, -0.25) is 4.79 Å². The van der Waals surface area contributed by atoms with Crippen molar-refractivity contribution in [3.05, 3.63) is 53.3 Å². The van der Waals surface area contributed by atoms with Gasteiger partial charge < -0.3 is 23.9 Å². The van der Waals surface area contributed by atoms with E-state index in [4.69, 9.17) is 18.6 Å². The fourth-order valence-corrected chi connectivity index (χ4v) is 4.58. The first-order valence-corrected chi connectivity index (χ1v) is 11.4. The maximum atomic E-state index is 12.7. The van der Waals surface area contributed by atoms with Crippen LogP contribution in [0.5, 0.6) is 17.2 Å². The second-order valence-corrected chi connectivity index (χ2v) is 8.85. The molecule has 1 aliphatic carbocycles. The van der Waals surface area contributed by atoms with Gasteiger partial charge in [-0.05, 0) is 61.1 Å². The van der Waals surface area contributed by atoms with E-state index in [2.05, 4.69) is 19.2 Å². The molecule has 168 valence electrons. The first-order chi connectivity index (χ1) is 15.6. The predicted molar refractivity (Wildman–Crippen MR) is 122 cm³/mol. The van der Waals surface area contributed by atoms with Gasteiger partial charge in [0.05, 0.1) is 6.04 Å². The van der Waals surface area contributed by atoms with Crippen LogP contribution in [0.4, 0.5) is 0 Å². The van der Waals surface area contributed by atoms with Crippen LogP contribution in [0.2, 0.25) is 0 Å². The lowest BCUT2D eigenvalue weighted by Gasteiger charge is -2.25. The van der Waals surface area contributed by atoms with Gasteiger partial charge in [0.2, 0.25) is 0 Å². The third-order valence-corrected chi connectivity index (χ3v) is 6.20. The molecule has 3 aromatic rings. The Kier molecular flexibility index (Phi) is 5.68. The van der Waals surface area contributed by atoms with Gasteiger partial charge in [0.1, 0.15) is 30.3 Å². The van der Waals surface area contributed by atoms with Crippen molar-refractivity contribution in [1.29, 1.82) is 0 Å². The number of furan rings is 1. The van der Waals surface area contributed by atoms with E-state index in [1.807, 2.05) is 36.4 Å². The van der Waals surface area contributed by atoms with Gasteiger partial charge in [-0.15, -0.1) is 0 Å². The van der Waals surface area contributed by atoms with Crippen LogP contribution < -0.4 is 19.5 Å². The van der Waals surface area contributed by atoms with Gasteiger partial charge in [0.25, 0.3) is 5.91 Å². The van der Waals surface area contributed by atoms with Crippen LogP contribution in [0.3, 0.4) is 0 Å². The number of rotatable bonds is 6. The van der Waals surface area contributed by atoms with Crippen LogP contribution in [0.25, 0.3) is 11.0 Å². The maximum Gasteiger partial charge on any atom is 0.258 e. The molecule has 0 fully saturated rings. The molecular weight excluding hydrogens is 406 g/mol. The lowest BCUT2D eigenvalue weighted by atomic mass is 9.95. The normalized spacial score (nSPS) is 16.0. The number of carbonyl (C=O) groups excluding carboxylic acids is 1. The summed E-state index contributed by atoms with van der Waals surface area (Å²) in [5.41, 5.74) is 3.18. The summed E-state index contributed by atoms with van der Waals surface area (Å²) in [5, 5.41) is 4.22. The molecule has 0 saturated heterocycles. The average Bonchev–Trinajstić information content (AvgIpc) is 3.18. The Balaban J connectivity index is 1.26. The van der Waals surface area contributed by atoms with E-state index in [0.29, 0.717) is 19.0 Å². The summed E-state index contributed by atoms with van der Waals surface area (Å²) in [6, 6.07) is 11.5. The molecule has 2 aliphatic rings. The Morgan fingerprint density at radius 3 is 2.69 bits per heavy atom. The molecule has 2 heterocycles. The average molecular weight is 436 g/mol. The minimum absolute atomic E-state index is 0.0423. The van der Waals surface area contributed by atoms with Crippen molar-refractivity contribution in [1.82, 2.24) is 5.32 Å². The van der Waals surface area contributed by atoms with Gasteiger partial charge in [0, 0.05) is 17.4 Å². The third kappa shape index (κ3) is 4.14. The number of nitrogens with one attached hydrogen (secondary N) is 1. The van der Waals surface area contributed by atoms with Gasteiger partial charge in [0.15, 0.2) is 18.1 Å². The summed E-state index contributed by atoms with van der Waals surface area (Å²) in [5.74, 6) is 3.29. The molecule has 2 aromatic carbocycles. The standard InChI is InChI=1S/C26H29NO5/c1-16(2)26(17-7-9-23-24(13-17)30-12-11-29-23)27-25(28)15-31-18-8-10-22-20(14-18)19-5-3-4-6-21(19)32-22/h7-10,13-14,16,26H,3-6,11-12,15H2,1-2H3,(H,27,28)/t26-/m1/s1. The first-order valence-electron chi connectivity index (χ1n) is 11.4. The van der Waals surface area contributed by atoms with Crippen molar-refractivity contribution in [3.63, 3.8) is 0 Å². The zero-order chi connectivity index (χ0) is 22.1. The van der Waals surface area contributed by atoms with Crippen LogP contribution in [0, 0.1) is 5.92 Å². The van der Waals surface area contributed by atoms with E-state index in [9.17, 15) is 4.79 Å². The minimum atomic E-state index is -0.159.